The number of carbonyl (C=O) groups excluding carboxylic acids is 1. The molecule has 5 nitrogen and oxygen atoms in total. The number of fused-ring (bicyclic) bond motifs is 1. The summed E-state index contributed by atoms with van der Waals surface area (Å²) >= 11 is 0. The van der Waals surface area contributed by atoms with Gasteiger partial charge >= 0.3 is 0 Å². The van der Waals surface area contributed by atoms with Gasteiger partial charge in [0.25, 0.3) is 5.91 Å². The Morgan fingerprint density at radius 3 is 2.64 bits per heavy atom. The molecule has 1 amide bonds. The summed E-state index contributed by atoms with van der Waals surface area (Å²) in [5.41, 5.74) is 1.21. The van der Waals surface area contributed by atoms with E-state index in [0.29, 0.717) is 0 Å². The number of carbonyl (C=O) groups is 1. The number of benzene rings is 2. The van der Waals surface area contributed by atoms with Gasteiger partial charge in [-0.15, -0.1) is 0 Å². The number of aromatic nitrogens is 2. The van der Waals surface area contributed by atoms with Crippen LogP contribution in [0.25, 0.3) is 10.9 Å². The fraction of sp³-hybridized carbons (Fsp3) is 0.211. The van der Waals surface area contributed by atoms with Crippen LogP contribution in [0.15, 0.2) is 47.3 Å². The third kappa shape index (κ3) is 2.91. The average molecular weight is 339 g/mol. The second-order valence-corrected chi connectivity index (χ2v) is 6.01. The van der Waals surface area contributed by atoms with Gasteiger partial charge in [0.05, 0.1) is 11.4 Å². The summed E-state index contributed by atoms with van der Waals surface area (Å²) in [5.74, 6) is -1.09. The number of amides is 1. The zero-order chi connectivity index (χ0) is 18.1. The van der Waals surface area contributed by atoms with Crippen LogP contribution in [0.5, 0.6) is 0 Å². The molecule has 1 aromatic heterocycles. The van der Waals surface area contributed by atoms with E-state index in [0.717, 1.165) is 11.1 Å². The Hall–Kier alpha value is -3.02. The molecule has 0 aliphatic carbocycles. The maximum atomic E-state index is 13.7. The summed E-state index contributed by atoms with van der Waals surface area (Å²) in [6.07, 6.45) is 0. The number of H-pyrrole nitrogens is 1. The van der Waals surface area contributed by atoms with Crippen molar-refractivity contribution in [2.24, 2.45) is 0 Å². The molecule has 0 radical (unpaired) electrons. The lowest BCUT2D eigenvalue weighted by atomic mass is 10.0. The molecule has 0 aliphatic heterocycles. The normalized spacial score (nSPS) is 12.2. The van der Waals surface area contributed by atoms with E-state index in [4.69, 9.17) is 0 Å². The number of hydrogen-bond donors (Lipinski definition) is 1. The minimum atomic E-state index is -0.581. The summed E-state index contributed by atoms with van der Waals surface area (Å²) in [4.78, 5) is 26.8. The second-order valence-electron chi connectivity index (χ2n) is 6.01. The number of aromatic amines is 1. The van der Waals surface area contributed by atoms with Crippen LogP contribution >= 0.6 is 0 Å². The monoisotopic (exact) mass is 339 g/mol. The first-order valence-electron chi connectivity index (χ1n) is 7.91. The van der Waals surface area contributed by atoms with Crippen LogP contribution in [0.1, 0.15) is 34.6 Å². The van der Waals surface area contributed by atoms with Gasteiger partial charge < -0.3 is 4.90 Å². The van der Waals surface area contributed by atoms with Crippen LogP contribution in [-0.2, 0) is 0 Å². The van der Waals surface area contributed by atoms with Gasteiger partial charge in [0, 0.05) is 7.05 Å². The van der Waals surface area contributed by atoms with Crippen LogP contribution in [0, 0.1) is 12.7 Å². The molecule has 128 valence electrons. The molecular formula is C19H18FN3O2. The predicted octanol–water partition coefficient (Wildman–Crippen LogP) is 3.20. The quantitative estimate of drug-likeness (QED) is 0.797. The van der Waals surface area contributed by atoms with Gasteiger partial charge in [0.2, 0.25) is 5.43 Å². The highest BCUT2D eigenvalue weighted by molar-refractivity contribution is 5.95. The van der Waals surface area contributed by atoms with E-state index in [1.54, 1.807) is 7.05 Å². The van der Waals surface area contributed by atoms with Crippen molar-refractivity contribution in [3.63, 3.8) is 0 Å². The van der Waals surface area contributed by atoms with Gasteiger partial charge in [-0.25, -0.2) is 4.39 Å². The lowest BCUT2D eigenvalue weighted by Crippen LogP contribution is -2.34. The number of rotatable bonds is 3. The molecule has 3 aromatic rings. The van der Waals surface area contributed by atoms with Crippen molar-refractivity contribution in [1.29, 1.82) is 0 Å². The highest BCUT2D eigenvalue weighted by Crippen LogP contribution is 2.23. The van der Waals surface area contributed by atoms with E-state index in [1.807, 2.05) is 38.1 Å². The van der Waals surface area contributed by atoms with E-state index in [2.05, 4.69) is 10.2 Å². The lowest BCUT2D eigenvalue weighted by molar-refractivity contribution is 0.0734. The van der Waals surface area contributed by atoms with Crippen molar-refractivity contribution in [2.45, 2.75) is 19.9 Å². The van der Waals surface area contributed by atoms with Gasteiger partial charge in [0.15, 0.2) is 5.69 Å². The molecule has 0 aliphatic rings. The molecule has 2 aromatic carbocycles. The minimum absolute atomic E-state index is 0.00125. The standard InChI is InChI=1S/C19H18FN3O2/c1-11-7-4-5-8-13(11)12(2)23(3)19(25)17-18(24)14-9-6-10-15(20)16(14)21-22-17/h4-10,12H,1-3H3,(H,21,24)/t12-/m1/s1. The molecule has 0 saturated carbocycles. The van der Waals surface area contributed by atoms with E-state index < -0.39 is 17.2 Å². The van der Waals surface area contributed by atoms with Gasteiger partial charge in [-0.2, -0.15) is 5.10 Å². The van der Waals surface area contributed by atoms with Crippen molar-refractivity contribution >= 4 is 16.8 Å². The fourth-order valence-electron chi connectivity index (χ4n) is 2.87. The Morgan fingerprint density at radius 1 is 1.20 bits per heavy atom. The Labute approximate surface area is 144 Å². The SMILES string of the molecule is Cc1ccccc1[C@@H](C)N(C)C(=O)c1n[nH]c2c(F)cccc2c1=O. The topological polar surface area (TPSA) is 66.1 Å². The number of nitrogens with one attached hydrogen (secondary N) is 1. The first-order valence-corrected chi connectivity index (χ1v) is 7.91. The molecule has 1 heterocycles. The number of aryl methyl sites for hydroxylation is 1. The molecule has 1 atom stereocenters. The van der Waals surface area contributed by atoms with Crippen molar-refractivity contribution in [2.75, 3.05) is 7.05 Å². The van der Waals surface area contributed by atoms with Crippen LogP contribution < -0.4 is 5.43 Å². The number of hydrogen-bond acceptors (Lipinski definition) is 3. The van der Waals surface area contributed by atoms with Gasteiger partial charge in [0.1, 0.15) is 11.3 Å². The van der Waals surface area contributed by atoms with E-state index in [1.165, 1.54) is 23.1 Å². The Balaban J connectivity index is 2.01. The average Bonchev–Trinajstić information content (AvgIpc) is 2.61. The summed E-state index contributed by atoms with van der Waals surface area (Å²) < 4.78 is 13.7. The molecule has 0 saturated heterocycles. The van der Waals surface area contributed by atoms with Gasteiger partial charge in [-0.3, -0.25) is 14.7 Å². The van der Waals surface area contributed by atoms with Crippen molar-refractivity contribution in [1.82, 2.24) is 15.1 Å². The van der Waals surface area contributed by atoms with Crippen molar-refractivity contribution in [3.8, 4) is 0 Å². The maximum Gasteiger partial charge on any atom is 0.278 e. The Bertz CT molecular complexity index is 1010. The summed E-state index contributed by atoms with van der Waals surface area (Å²) in [7, 11) is 1.62. The zero-order valence-electron chi connectivity index (χ0n) is 14.2. The first kappa shape index (κ1) is 16.8. The molecule has 0 spiro atoms. The summed E-state index contributed by atoms with van der Waals surface area (Å²) in [5, 5.41) is 6.41. The molecule has 1 N–H and O–H groups in total. The van der Waals surface area contributed by atoms with Crippen LogP contribution in [-0.4, -0.2) is 28.1 Å². The molecule has 25 heavy (non-hydrogen) atoms. The summed E-state index contributed by atoms with van der Waals surface area (Å²) in [6.45, 7) is 3.85. The second kappa shape index (κ2) is 6.47. The van der Waals surface area contributed by atoms with Crippen LogP contribution in [0.4, 0.5) is 4.39 Å². The predicted molar refractivity (Wildman–Crippen MR) is 94.0 cm³/mol. The smallest absolute Gasteiger partial charge is 0.278 e. The molecular weight excluding hydrogens is 321 g/mol. The molecule has 0 fully saturated rings. The van der Waals surface area contributed by atoms with E-state index in [9.17, 15) is 14.0 Å². The van der Waals surface area contributed by atoms with E-state index >= 15 is 0 Å². The largest absolute Gasteiger partial charge is 0.333 e. The van der Waals surface area contributed by atoms with Crippen LogP contribution in [0.2, 0.25) is 0 Å². The minimum Gasteiger partial charge on any atom is -0.333 e. The van der Waals surface area contributed by atoms with E-state index in [-0.39, 0.29) is 22.6 Å². The number of para-hydroxylation sites is 1. The highest BCUT2D eigenvalue weighted by Gasteiger charge is 2.24. The third-order valence-electron chi connectivity index (χ3n) is 4.50. The molecule has 6 heteroatoms. The maximum absolute atomic E-state index is 13.7. The third-order valence-corrected chi connectivity index (χ3v) is 4.50. The molecule has 0 bridgehead atoms. The van der Waals surface area contributed by atoms with Gasteiger partial charge in [-0.05, 0) is 37.1 Å². The number of halogens is 1. The first-order chi connectivity index (χ1) is 11.9. The van der Waals surface area contributed by atoms with Crippen LogP contribution in [0.3, 0.4) is 0 Å². The highest BCUT2D eigenvalue weighted by atomic mass is 19.1. The molecule has 0 unspecified atom stereocenters. The lowest BCUT2D eigenvalue weighted by Gasteiger charge is -2.26. The zero-order valence-corrected chi connectivity index (χ0v) is 14.2. The van der Waals surface area contributed by atoms with Gasteiger partial charge in [-0.1, -0.05) is 30.3 Å². The Morgan fingerprint density at radius 2 is 1.92 bits per heavy atom. The van der Waals surface area contributed by atoms with Crippen molar-refractivity contribution in [3.05, 3.63) is 75.3 Å². The molecule has 3 rings (SSSR count). The van der Waals surface area contributed by atoms with Crippen molar-refractivity contribution < 1.29 is 9.18 Å². The Kier molecular flexibility index (Phi) is 4.35. The summed E-state index contributed by atoms with van der Waals surface area (Å²) in [6, 6.07) is 11.6. The fourth-order valence-corrected chi connectivity index (χ4v) is 2.87. The number of nitrogens with zero attached hydrogens (tertiary/aromatic N) is 2.